The minimum atomic E-state index is -1.19. The number of ether oxygens (including phenoxy) is 3. The van der Waals surface area contributed by atoms with E-state index in [2.05, 4.69) is 0 Å². The van der Waals surface area contributed by atoms with Crippen LogP contribution in [0.1, 0.15) is 66.2 Å². The van der Waals surface area contributed by atoms with E-state index >= 15 is 0 Å². The van der Waals surface area contributed by atoms with Gasteiger partial charge in [0.1, 0.15) is 12.7 Å². The van der Waals surface area contributed by atoms with Gasteiger partial charge in [0.05, 0.1) is 61.6 Å². The van der Waals surface area contributed by atoms with E-state index in [1.54, 1.807) is 6.92 Å². The average Bonchev–Trinajstić information content (AvgIpc) is 3.50. The van der Waals surface area contributed by atoms with Gasteiger partial charge in [0, 0.05) is 35.3 Å². The molecule has 278 valence electrons. The molecule has 0 amide bonds. The maximum absolute atomic E-state index is 13.1. The SMILES string of the molecule is C[C@H]1CCC/C=C/[C@@H]2C[C@H](OC(=O)c3cc([N+](=O)[O-])cc([N+](=O)[O-])c3)C[C@H]2[C@H](O)[C@@H](SCCOC(=O)c2cc([N+](=O)[O-])cc([N+](=O)[O-])c2)CC(=O)O1. The third kappa shape index (κ3) is 10.5. The predicted molar refractivity (Wildman–Crippen MR) is 181 cm³/mol. The molecule has 0 radical (unpaired) electrons. The van der Waals surface area contributed by atoms with Crippen LogP contribution in [-0.2, 0) is 19.0 Å². The van der Waals surface area contributed by atoms with E-state index in [1.165, 1.54) is 0 Å². The molecule has 4 rings (SSSR count). The van der Waals surface area contributed by atoms with Gasteiger partial charge in [-0.15, -0.1) is 0 Å². The van der Waals surface area contributed by atoms with E-state index in [1.807, 2.05) is 12.2 Å². The summed E-state index contributed by atoms with van der Waals surface area (Å²) in [6.07, 6.45) is 3.46. The van der Waals surface area contributed by atoms with Gasteiger partial charge in [-0.3, -0.25) is 45.3 Å². The largest absolute Gasteiger partial charge is 0.463 e. The number of carbonyl (C=O) groups excluding carboxylic acids is 3. The second-order valence-electron chi connectivity index (χ2n) is 12.2. The number of cyclic esters (lactones) is 1. The van der Waals surface area contributed by atoms with Crippen LogP contribution in [0.25, 0.3) is 0 Å². The Kier molecular flexibility index (Phi) is 13.3. The molecule has 2 aromatic carbocycles. The molecule has 0 bridgehead atoms. The molecule has 1 aliphatic carbocycles. The molecular weight excluding hydrogens is 712 g/mol. The fourth-order valence-corrected chi connectivity index (χ4v) is 7.23. The van der Waals surface area contributed by atoms with Crippen molar-refractivity contribution in [1.82, 2.24) is 0 Å². The van der Waals surface area contributed by atoms with Crippen LogP contribution in [0, 0.1) is 52.3 Å². The maximum atomic E-state index is 13.1. The number of nitrogens with zero attached hydrogens (tertiary/aromatic N) is 4. The van der Waals surface area contributed by atoms with Gasteiger partial charge >= 0.3 is 17.9 Å². The number of aliphatic hydroxyl groups is 1. The standard InChI is InChI=1S/C32H34N4O15S/c1-18-5-3-2-4-6-19-13-26(51-32(40)21-11-24(35(45)46)15-25(12-21)36(47)48)16-27(19)30(38)28(17-29(37)50-18)52-8-7-49-31(39)20-9-22(33(41)42)14-23(10-20)34(43)44/h4,6,9-12,14-15,18-19,26-28,30,38H,2-3,5,7-8,13,16-17H2,1H3/b6-4+/t18-,19+,26-,27+,28-,30-/m0/s1. The molecule has 1 N–H and O–H groups in total. The second kappa shape index (κ2) is 17.6. The fraction of sp³-hybridized carbons (Fsp3) is 0.469. The molecule has 2 aromatic rings. The van der Waals surface area contributed by atoms with Gasteiger partial charge in [-0.05, 0) is 50.9 Å². The number of thioether (sulfide) groups is 1. The molecule has 0 unspecified atom stereocenters. The molecule has 1 aliphatic heterocycles. The molecule has 0 saturated heterocycles. The van der Waals surface area contributed by atoms with Crippen LogP contribution in [0.3, 0.4) is 0 Å². The number of fused-ring (bicyclic) bond motifs is 1. The van der Waals surface area contributed by atoms with Gasteiger partial charge in [-0.2, -0.15) is 11.8 Å². The molecule has 52 heavy (non-hydrogen) atoms. The molecule has 1 saturated carbocycles. The lowest BCUT2D eigenvalue weighted by molar-refractivity contribution is -0.394. The predicted octanol–water partition coefficient (Wildman–Crippen LogP) is 5.25. The first-order chi connectivity index (χ1) is 24.6. The normalized spacial score (nSPS) is 24.1. The summed E-state index contributed by atoms with van der Waals surface area (Å²) in [6.45, 7) is 1.46. The number of hydrogen-bond acceptors (Lipinski definition) is 16. The maximum Gasteiger partial charge on any atom is 0.338 e. The summed E-state index contributed by atoms with van der Waals surface area (Å²) in [5.41, 5.74) is -3.48. The number of nitro groups is 4. The topological polar surface area (TPSA) is 272 Å². The monoisotopic (exact) mass is 746 g/mol. The Balaban J connectivity index is 1.49. The number of esters is 3. The molecule has 19 nitrogen and oxygen atoms in total. The van der Waals surface area contributed by atoms with Gasteiger partial charge in [0.2, 0.25) is 0 Å². The van der Waals surface area contributed by atoms with Gasteiger partial charge in [-0.1, -0.05) is 12.2 Å². The van der Waals surface area contributed by atoms with Crippen LogP contribution in [-0.4, -0.2) is 78.6 Å². The van der Waals surface area contributed by atoms with Crippen molar-refractivity contribution in [1.29, 1.82) is 0 Å². The molecule has 0 spiro atoms. The lowest BCUT2D eigenvalue weighted by Gasteiger charge is -2.29. The fourth-order valence-electron chi connectivity index (χ4n) is 6.09. The van der Waals surface area contributed by atoms with Crippen molar-refractivity contribution in [3.05, 3.63) is 100 Å². The summed E-state index contributed by atoms with van der Waals surface area (Å²) in [5, 5.41) is 55.9. The van der Waals surface area contributed by atoms with Crippen LogP contribution in [0.5, 0.6) is 0 Å². The zero-order valence-corrected chi connectivity index (χ0v) is 28.4. The minimum absolute atomic E-state index is 0.0323. The number of benzene rings is 2. The number of rotatable bonds is 11. The van der Waals surface area contributed by atoms with Gasteiger partial charge < -0.3 is 19.3 Å². The number of nitro benzene ring substituents is 4. The zero-order chi connectivity index (χ0) is 38.1. The van der Waals surface area contributed by atoms with Crippen molar-refractivity contribution < 1.29 is 53.4 Å². The molecule has 6 atom stereocenters. The Bertz CT molecular complexity index is 1700. The van der Waals surface area contributed by atoms with Crippen molar-refractivity contribution in [2.75, 3.05) is 12.4 Å². The molecule has 20 heteroatoms. The van der Waals surface area contributed by atoms with Gasteiger partial charge in [0.15, 0.2) is 0 Å². The highest BCUT2D eigenvalue weighted by atomic mass is 32.2. The zero-order valence-electron chi connectivity index (χ0n) is 27.6. The number of non-ortho nitro benzene ring substituents is 4. The van der Waals surface area contributed by atoms with Crippen molar-refractivity contribution in [3.8, 4) is 0 Å². The minimum Gasteiger partial charge on any atom is -0.463 e. The van der Waals surface area contributed by atoms with Crippen LogP contribution < -0.4 is 0 Å². The number of aliphatic hydroxyl groups excluding tert-OH is 1. The van der Waals surface area contributed by atoms with Crippen LogP contribution in [0.4, 0.5) is 22.7 Å². The van der Waals surface area contributed by atoms with E-state index in [-0.39, 0.29) is 37.5 Å². The van der Waals surface area contributed by atoms with Gasteiger partial charge in [0.25, 0.3) is 22.7 Å². The first-order valence-corrected chi connectivity index (χ1v) is 17.1. The first kappa shape index (κ1) is 39.3. The third-order valence-electron chi connectivity index (χ3n) is 8.55. The first-order valence-electron chi connectivity index (χ1n) is 16.0. The Labute approximate surface area is 298 Å². The van der Waals surface area contributed by atoms with E-state index in [0.717, 1.165) is 42.1 Å². The average molecular weight is 747 g/mol. The lowest BCUT2D eigenvalue weighted by Crippen LogP contribution is -2.36. The lowest BCUT2D eigenvalue weighted by atomic mass is 9.87. The van der Waals surface area contributed by atoms with E-state index < -0.39 is 101 Å². The third-order valence-corrected chi connectivity index (χ3v) is 9.82. The van der Waals surface area contributed by atoms with E-state index in [0.29, 0.717) is 25.3 Å². The molecule has 2 aliphatic rings. The summed E-state index contributed by atoms with van der Waals surface area (Å²) in [7, 11) is 0. The molecule has 1 heterocycles. The van der Waals surface area contributed by atoms with Crippen LogP contribution >= 0.6 is 11.8 Å². The summed E-state index contributed by atoms with van der Waals surface area (Å²) < 4.78 is 16.4. The smallest absolute Gasteiger partial charge is 0.338 e. The Morgan fingerprint density at radius 1 is 0.865 bits per heavy atom. The Hall–Kier alpha value is -5.50. The van der Waals surface area contributed by atoms with Crippen molar-refractivity contribution in [2.24, 2.45) is 11.8 Å². The van der Waals surface area contributed by atoms with E-state index in [9.17, 15) is 59.9 Å². The van der Waals surface area contributed by atoms with Gasteiger partial charge in [-0.25, -0.2) is 9.59 Å². The Morgan fingerprint density at radius 2 is 1.40 bits per heavy atom. The highest BCUT2D eigenvalue weighted by molar-refractivity contribution is 8.00. The molecular formula is C32H34N4O15S. The van der Waals surface area contributed by atoms with Crippen molar-refractivity contribution in [2.45, 2.75) is 69.0 Å². The molecule has 0 aromatic heterocycles. The number of hydrogen-bond donors (Lipinski definition) is 1. The van der Waals surface area contributed by atoms with Crippen molar-refractivity contribution in [3.63, 3.8) is 0 Å². The number of allylic oxidation sites excluding steroid dienone is 2. The Morgan fingerprint density at radius 3 is 1.94 bits per heavy atom. The van der Waals surface area contributed by atoms with Crippen LogP contribution in [0.15, 0.2) is 48.6 Å². The van der Waals surface area contributed by atoms with E-state index in [4.69, 9.17) is 14.2 Å². The highest BCUT2D eigenvalue weighted by Crippen LogP contribution is 2.41. The van der Waals surface area contributed by atoms with Crippen molar-refractivity contribution >= 4 is 52.4 Å². The molecule has 1 fully saturated rings. The quantitative estimate of drug-likeness (QED) is 0.0767. The summed E-state index contributed by atoms with van der Waals surface area (Å²) in [6, 6.07) is 4.86. The highest BCUT2D eigenvalue weighted by Gasteiger charge is 2.43. The number of carbonyl (C=O) groups is 3. The summed E-state index contributed by atoms with van der Waals surface area (Å²) in [5.74, 6) is -3.54. The summed E-state index contributed by atoms with van der Waals surface area (Å²) >= 11 is 1.09. The second-order valence-corrected chi connectivity index (χ2v) is 13.6. The summed E-state index contributed by atoms with van der Waals surface area (Å²) in [4.78, 5) is 80.2. The van der Waals surface area contributed by atoms with Crippen LogP contribution in [0.2, 0.25) is 0 Å².